The summed E-state index contributed by atoms with van der Waals surface area (Å²) < 4.78 is 13.8. The molecule has 1 N–H and O–H groups in total. The Morgan fingerprint density at radius 2 is 1.87 bits per heavy atom. The van der Waals surface area contributed by atoms with Gasteiger partial charge in [0, 0.05) is 28.9 Å². The SMILES string of the molecule is CCNC(=O)[C@@H](CC)N(Cc1ccc(Cl)cc1Cl)C(=O)CSCc1ccccc1F. The molecule has 4 nitrogen and oxygen atoms in total. The summed E-state index contributed by atoms with van der Waals surface area (Å²) in [5, 5.41) is 3.72. The number of likely N-dealkylation sites (N-methyl/N-ethyl adjacent to an activating group) is 1. The Morgan fingerprint density at radius 1 is 1.13 bits per heavy atom. The van der Waals surface area contributed by atoms with Crippen molar-refractivity contribution in [2.75, 3.05) is 12.3 Å². The molecule has 162 valence electrons. The van der Waals surface area contributed by atoms with Crippen LogP contribution in [0.5, 0.6) is 0 Å². The zero-order valence-electron chi connectivity index (χ0n) is 17.0. The number of nitrogens with zero attached hydrogens (tertiary/aromatic N) is 1. The first kappa shape index (κ1) is 24.5. The number of halogens is 3. The summed E-state index contributed by atoms with van der Waals surface area (Å²) in [6, 6.07) is 10.9. The van der Waals surface area contributed by atoms with Crippen molar-refractivity contribution >= 4 is 46.8 Å². The largest absolute Gasteiger partial charge is 0.355 e. The van der Waals surface area contributed by atoms with Gasteiger partial charge in [0.15, 0.2) is 0 Å². The van der Waals surface area contributed by atoms with E-state index < -0.39 is 6.04 Å². The number of thioether (sulfide) groups is 1. The van der Waals surface area contributed by atoms with Crippen LogP contribution in [0.1, 0.15) is 31.4 Å². The number of carbonyl (C=O) groups is 2. The van der Waals surface area contributed by atoms with Crippen LogP contribution in [-0.2, 0) is 21.9 Å². The first-order valence-corrected chi connectivity index (χ1v) is 11.6. The minimum Gasteiger partial charge on any atom is -0.355 e. The van der Waals surface area contributed by atoms with Gasteiger partial charge in [0.2, 0.25) is 11.8 Å². The molecule has 2 amide bonds. The summed E-state index contributed by atoms with van der Waals surface area (Å²) in [7, 11) is 0. The molecule has 0 radical (unpaired) electrons. The number of hydrogen-bond donors (Lipinski definition) is 1. The van der Waals surface area contributed by atoms with Crippen LogP contribution in [-0.4, -0.2) is 35.1 Å². The number of amides is 2. The molecule has 0 unspecified atom stereocenters. The number of hydrogen-bond acceptors (Lipinski definition) is 3. The van der Waals surface area contributed by atoms with Crippen LogP contribution < -0.4 is 5.32 Å². The average Bonchev–Trinajstić information content (AvgIpc) is 2.71. The molecule has 0 aliphatic rings. The molecule has 0 aliphatic heterocycles. The Hall–Kier alpha value is -1.76. The lowest BCUT2D eigenvalue weighted by Gasteiger charge is -2.30. The van der Waals surface area contributed by atoms with E-state index >= 15 is 0 Å². The highest BCUT2D eigenvalue weighted by atomic mass is 35.5. The fraction of sp³-hybridized carbons (Fsp3) is 0.364. The maximum absolute atomic E-state index is 13.8. The van der Waals surface area contributed by atoms with Crippen molar-refractivity contribution in [2.45, 2.75) is 38.6 Å². The first-order chi connectivity index (χ1) is 14.4. The van der Waals surface area contributed by atoms with Gasteiger partial charge in [-0.2, -0.15) is 0 Å². The maximum atomic E-state index is 13.8. The lowest BCUT2D eigenvalue weighted by Crippen LogP contribution is -2.49. The molecule has 0 aliphatic carbocycles. The second-order valence-electron chi connectivity index (χ2n) is 6.66. The number of rotatable bonds is 10. The molecule has 2 rings (SSSR count). The van der Waals surface area contributed by atoms with Crippen LogP contribution in [0.15, 0.2) is 42.5 Å². The third kappa shape index (κ3) is 6.89. The third-order valence-corrected chi connectivity index (χ3v) is 6.09. The van der Waals surface area contributed by atoms with Crippen LogP contribution >= 0.6 is 35.0 Å². The summed E-state index contributed by atoms with van der Waals surface area (Å²) in [6.45, 7) is 4.35. The third-order valence-electron chi connectivity index (χ3n) is 4.53. The highest BCUT2D eigenvalue weighted by Gasteiger charge is 2.28. The predicted molar refractivity (Wildman–Crippen MR) is 122 cm³/mol. The monoisotopic (exact) mass is 470 g/mol. The van der Waals surface area contributed by atoms with Gasteiger partial charge < -0.3 is 10.2 Å². The van der Waals surface area contributed by atoms with Crippen LogP contribution in [0.2, 0.25) is 10.0 Å². The van der Waals surface area contributed by atoms with Gasteiger partial charge in [0.25, 0.3) is 0 Å². The average molecular weight is 471 g/mol. The molecule has 0 saturated heterocycles. The molecular formula is C22H25Cl2FN2O2S. The molecule has 2 aromatic carbocycles. The molecule has 0 spiro atoms. The summed E-state index contributed by atoms with van der Waals surface area (Å²) in [4.78, 5) is 27.2. The van der Waals surface area contributed by atoms with Crippen LogP contribution in [0.25, 0.3) is 0 Å². The van der Waals surface area contributed by atoms with Gasteiger partial charge in [-0.1, -0.05) is 54.4 Å². The van der Waals surface area contributed by atoms with E-state index in [9.17, 15) is 14.0 Å². The molecule has 0 heterocycles. The Balaban J connectivity index is 2.17. The van der Waals surface area contributed by atoms with Crippen molar-refractivity contribution in [1.82, 2.24) is 10.2 Å². The molecule has 0 aromatic heterocycles. The molecule has 0 saturated carbocycles. The van der Waals surface area contributed by atoms with E-state index in [1.54, 1.807) is 36.4 Å². The van der Waals surface area contributed by atoms with Gasteiger partial charge in [0.05, 0.1) is 5.75 Å². The van der Waals surface area contributed by atoms with E-state index in [2.05, 4.69) is 5.32 Å². The van der Waals surface area contributed by atoms with Crippen LogP contribution in [0.3, 0.4) is 0 Å². The minimum absolute atomic E-state index is 0.120. The fourth-order valence-corrected chi connectivity index (χ4v) is 4.36. The van der Waals surface area contributed by atoms with Crippen molar-refractivity contribution in [1.29, 1.82) is 0 Å². The van der Waals surface area contributed by atoms with E-state index in [4.69, 9.17) is 23.2 Å². The van der Waals surface area contributed by atoms with E-state index in [1.807, 2.05) is 13.8 Å². The van der Waals surface area contributed by atoms with E-state index in [0.717, 1.165) is 0 Å². The normalized spacial score (nSPS) is 11.8. The Bertz CT molecular complexity index is 882. The van der Waals surface area contributed by atoms with Gasteiger partial charge in [0.1, 0.15) is 11.9 Å². The van der Waals surface area contributed by atoms with Gasteiger partial charge in [-0.25, -0.2) is 4.39 Å². The molecule has 0 fully saturated rings. The molecule has 8 heteroatoms. The molecule has 1 atom stereocenters. The van der Waals surface area contributed by atoms with Gasteiger partial charge in [-0.05, 0) is 42.7 Å². The van der Waals surface area contributed by atoms with Crippen molar-refractivity contribution < 1.29 is 14.0 Å². The smallest absolute Gasteiger partial charge is 0.242 e. The van der Waals surface area contributed by atoms with E-state index in [0.29, 0.717) is 39.9 Å². The summed E-state index contributed by atoms with van der Waals surface area (Å²) in [5.74, 6) is -0.226. The standard InChI is InChI=1S/C22H25Cl2FN2O2S/c1-3-20(22(29)26-4-2)27(12-15-9-10-17(23)11-18(15)24)21(28)14-30-13-16-7-5-6-8-19(16)25/h5-11,20H,3-4,12-14H2,1-2H3,(H,26,29)/t20-/m1/s1. The van der Waals surface area contributed by atoms with Crippen molar-refractivity contribution in [3.05, 3.63) is 69.5 Å². The quantitative estimate of drug-likeness (QED) is 0.511. The molecule has 30 heavy (non-hydrogen) atoms. The second kappa shape index (κ2) is 12.2. The van der Waals surface area contributed by atoms with Crippen molar-refractivity contribution in [2.24, 2.45) is 0 Å². The Kier molecular flexibility index (Phi) is 9.95. The Labute approximate surface area is 191 Å². The predicted octanol–water partition coefficient (Wildman–Crippen LogP) is 5.31. The molecule has 2 aromatic rings. The van der Waals surface area contributed by atoms with Crippen molar-refractivity contribution in [3.63, 3.8) is 0 Å². The van der Waals surface area contributed by atoms with Crippen molar-refractivity contribution in [3.8, 4) is 0 Å². The number of nitrogens with one attached hydrogen (secondary N) is 1. The summed E-state index contributed by atoms with van der Waals surface area (Å²) in [6.07, 6.45) is 0.459. The zero-order chi connectivity index (χ0) is 22.1. The topological polar surface area (TPSA) is 49.4 Å². The van der Waals surface area contributed by atoms with Gasteiger partial charge in [-0.15, -0.1) is 11.8 Å². The minimum atomic E-state index is -0.627. The zero-order valence-corrected chi connectivity index (χ0v) is 19.3. The summed E-state index contributed by atoms with van der Waals surface area (Å²) in [5.41, 5.74) is 1.25. The first-order valence-electron chi connectivity index (χ1n) is 9.69. The van der Waals surface area contributed by atoms with E-state index in [1.165, 1.54) is 22.7 Å². The number of benzene rings is 2. The number of carbonyl (C=O) groups excluding carboxylic acids is 2. The Morgan fingerprint density at radius 3 is 2.50 bits per heavy atom. The molecule has 0 bridgehead atoms. The summed E-state index contributed by atoms with van der Waals surface area (Å²) >= 11 is 13.6. The van der Waals surface area contributed by atoms with Crippen LogP contribution in [0.4, 0.5) is 4.39 Å². The van der Waals surface area contributed by atoms with E-state index in [-0.39, 0.29) is 29.9 Å². The molecular weight excluding hydrogens is 446 g/mol. The van der Waals surface area contributed by atoms with Gasteiger partial charge in [-0.3, -0.25) is 9.59 Å². The maximum Gasteiger partial charge on any atom is 0.242 e. The second-order valence-corrected chi connectivity index (χ2v) is 8.49. The lowest BCUT2D eigenvalue weighted by atomic mass is 10.1. The lowest BCUT2D eigenvalue weighted by molar-refractivity contribution is -0.139. The highest BCUT2D eigenvalue weighted by molar-refractivity contribution is 7.99. The highest BCUT2D eigenvalue weighted by Crippen LogP contribution is 2.24. The fourth-order valence-electron chi connectivity index (χ4n) is 2.99. The van der Waals surface area contributed by atoms with Crippen LogP contribution in [0, 0.1) is 5.82 Å². The van der Waals surface area contributed by atoms with Gasteiger partial charge >= 0.3 is 0 Å².